The number of fused-ring (bicyclic) bond motifs is 1. The van der Waals surface area contributed by atoms with Crippen LogP contribution in [-0.2, 0) is 13.5 Å². The van der Waals surface area contributed by atoms with Gasteiger partial charge in [0.05, 0.1) is 11.1 Å². The highest BCUT2D eigenvalue weighted by atomic mass is 35.5. The van der Waals surface area contributed by atoms with Crippen molar-refractivity contribution in [3.8, 4) is 0 Å². The molecule has 0 saturated heterocycles. The van der Waals surface area contributed by atoms with Crippen molar-refractivity contribution < 1.29 is 0 Å². The number of nitrogens with zero attached hydrogens (tertiary/aromatic N) is 4. The molecule has 5 heteroatoms. The Kier molecular flexibility index (Phi) is 3.53. The van der Waals surface area contributed by atoms with Crippen molar-refractivity contribution in [2.24, 2.45) is 13.0 Å². The van der Waals surface area contributed by atoms with E-state index in [-0.39, 0.29) is 5.38 Å². The van der Waals surface area contributed by atoms with Gasteiger partial charge in [-0.2, -0.15) is 5.10 Å². The molecule has 2 aromatic rings. The molecule has 0 bridgehead atoms. The Morgan fingerprint density at radius 1 is 1.35 bits per heavy atom. The molecule has 1 aliphatic carbocycles. The number of hydrogen-bond donors (Lipinski definition) is 0. The standard InChI is InChI=1S/C15H23ClN4/c1-5-12-13-15(19(4)18-12)20(14(17-13)10(3)16)9(2)8-11-6-7-11/h9-11H,5-8H2,1-4H3. The van der Waals surface area contributed by atoms with Crippen LogP contribution in [0.3, 0.4) is 0 Å². The smallest absolute Gasteiger partial charge is 0.158 e. The zero-order valence-corrected chi connectivity index (χ0v) is 13.5. The second-order valence-corrected chi connectivity index (χ2v) is 6.73. The van der Waals surface area contributed by atoms with Gasteiger partial charge in [0.1, 0.15) is 11.3 Å². The summed E-state index contributed by atoms with van der Waals surface area (Å²) in [6.45, 7) is 6.40. The predicted octanol–water partition coefficient (Wildman–Crippen LogP) is 3.99. The lowest BCUT2D eigenvalue weighted by molar-refractivity contribution is 0.464. The van der Waals surface area contributed by atoms with Crippen LogP contribution >= 0.6 is 11.6 Å². The molecule has 2 unspecified atom stereocenters. The summed E-state index contributed by atoms with van der Waals surface area (Å²) in [4.78, 5) is 4.80. The quantitative estimate of drug-likeness (QED) is 0.782. The molecule has 1 saturated carbocycles. The molecule has 1 fully saturated rings. The molecular formula is C15H23ClN4. The van der Waals surface area contributed by atoms with Crippen LogP contribution in [0.4, 0.5) is 0 Å². The van der Waals surface area contributed by atoms with Crippen molar-refractivity contribution in [3.05, 3.63) is 11.5 Å². The maximum atomic E-state index is 6.37. The maximum absolute atomic E-state index is 6.37. The Labute approximate surface area is 125 Å². The second kappa shape index (κ2) is 5.06. The summed E-state index contributed by atoms with van der Waals surface area (Å²) in [5.74, 6) is 1.87. The lowest BCUT2D eigenvalue weighted by Crippen LogP contribution is -2.13. The summed E-state index contributed by atoms with van der Waals surface area (Å²) in [6, 6.07) is 0.434. The minimum Gasteiger partial charge on any atom is -0.309 e. The van der Waals surface area contributed by atoms with Gasteiger partial charge in [-0.3, -0.25) is 4.68 Å². The zero-order chi connectivity index (χ0) is 14.4. The molecule has 2 aromatic heterocycles. The van der Waals surface area contributed by atoms with E-state index < -0.39 is 0 Å². The largest absolute Gasteiger partial charge is 0.309 e. The first-order chi connectivity index (χ1) is 9.52. The lowest BCUT2D eigenvalue weighted by Gasteiger charge is -2.18. The van der Waals surface area contributed by atoms with E-state index in [1.54, 1.807) is 0 Å². The van der Waals surface area contributed by atoms with Crippen molar-refractivity contribution >= 4 is 22.8 Å². The third-order valence-corrected chi connectivity index (χ3v) is 4.46. The first kappa shape index (κ1) is 13.9. The fraction of sp³-hybridized carbons (Fsp3) is 0.733. The van der Waals surface area contributed by atoms with E-state index in [2.05, 4.69) is 23.5 Å². The molecule has 1 aliphatic rings. The second-order valence-electron chi connectivity index (χ2n) is 6.08. The van der Waals surface area contributed by atoms with Crippen molar-refractivity contribution in [2.45, 2.75) is 57.9 Å². The summed E-state index contributed by atoms with van der Waals surface area (Å²) in [5.41, 5.74) is 3.22. The van der Waals surface area contributed by atoms with Gasteiger partial charge in [-0.15, -0.1) is 11.6 Å². The summed E-state index contributed by atoms with van der Waals surface area (Å²) in [7, 11) is 2.01. The maximum Gasteiger partial charge on any atom is 0.158 e. The topological polar surface area (TPSA) is 35.6 Å². The van der Waals surface area contributed by atoms with Gasteiger partial charge in [-0.05, 0) is 32.6 Å². The van der Waals surface area contributed by atoms with Crippen LogP contribution in [0, 0.1) is 5.92 Å². The van der Waals surface area contributed by atoms with Crippen LogP contribution in [-0.4, -0.2) is 19.3 Å². The number of rotatable bonds is 5. The van der Waals surface area contributed by atoms with Gasteiger partial charge in [0.25, 0.3) is 0 Å². The van der Waals surface area contributed by atoms with Crippen LogP contribution in [0.25, 0.3) is 11.2 Å². The Bertz CT molecular complexity index is 621. The van der Waals surface area contributed by atoms with Crippen molar-refractivity contribution in [1.29, 1.82) is 0 Å². The average Bonchev–Trinajstić information content (AvgIpc) is 3.02. The normalized spacial score (nSPS) is 18.6. The number of aromatic nitrogens is 4. The molecule has 20 heavy (non-hydrogen) atoms. The minimum atomic E-state index is -0.0752. The highest BCUT2D eigenvalue weighted by Gasteiger charge is 2.29. The molecule has 0 aliphatic heterocycles. The molecule has 110 valence electrons. The van der Waals surface area contributed by atoms with Crippen LogP contribution < -0.4 is 0 Å². The fourth-order valence-electron chi connectivity index (χ4n) is 3.11. The van der Waals surface area contributed by atoms with Crippen LogP contribution in [0.1, 0.15) is 63.0 Å². The van der Waals surface area contributed by atoms with Gasteiger partial charge in [-0.1, -0.05) is 19.8 Å². The molecule has 3 rings (SSSR count). The summed E-state index contributed by atoms with van der Waals surface area (Å²) < 4.78 is 4.28. The van der Waals surface area contributed by atoms with E-state index in [0.29, 0.717) is 6.04 Å². The molecule has 0 amide bonds. The number of alkyl halides is 1. The van der Waals surface area contributed by atoms with Crippen molar-refractivity contribution in [1.82, 2.24) is 19.3 Å². The lowest BCUT2D eigenvalue weighted by atomic mass is 10.1. The number of imidazole rings is 1. The zero-order valence-electron chi connectivity index (χ0n) is 12.7. The van der Waals surface area contributed by atoms with Crippen LogP contribution in [0.15, 0.2) is 0 Å². The van der Waals surface area contributed by atoms with Crippen LogP contribution in [0.5, 0.6) is 0 Å². The third-order valence-electron chi connectivity index (χ3n) is 4.27. The van der Waals surface area contributed by atoms with Crippen molar-refractivity contribution in [2.75, 3.05) is 0 Å². The SMILES string of the molecule is CCc1nn(C)c2c1nc(C(C)Cl)n2C(C)CC1CC1. The molecule has 0 N–H and O–H groups in total. The molecule has 0 aromatic carbocycles. The Morgan fingerprint density at radius 3 is 2.60 bits per heavy atom. The first-order valence-corrected chi connectivity index (χ1v) is 8.04. The minimum absolute atomic E-state index is 0.0752. The van der Waals surface area contributed by atoms with Gasteiger partial charge in [0, 0.05) is 13.1 Å². The van der Waals surface area contributed by atoms with E-state index >= 15 is 0 Å². The predicted molar refractivity (Wildman–Crippen MR) is 82.2 cm³/mol. The Morgan fingerprint density at radius 2 is 2.05 bits per heavy atom. The van der Waals surface area contributed by atoms with Gasteiger partial charge in [0.2, 0.25) is 0 Å². The number of aryl methyl sites for hydroxylation is 2. The summed E-state index contributed by atoms with van der Waals surface area (Å²) in [6.07, 6.45) is 4.87. The van der Waals surface area contributed by atoms with Gasteiger partial charge < -0.3 is 4.57 Å². The Balaban J connectivity index is 2.14. The average molecular weight is 295 g/mol. The summed E-state index contributed by atoms with van der Waals surface area (Å²) >= 11 is 6.37. The molecule has 4 nitrogen and oxygen atoms in total. The highest BCUT2D eigenvalue weighted by Crippen LogP contribution is 2.39. The van der Waals surface area contributed by atoms with Gasteiger partial charge in [0.15, 0.2) is 5.65 Å². The number of hydrogen-bond acceptors (Lipinski definition) is 2. The number of halogens is 1. The third kappa shape index (κ3) is 2.24. The molecule has 0 spiro atoms. The van der Waals surface area contributed by atoms with E-state index in [0.717, 1.165) is 35.0 Å². The van der Waals surface area contributed by atoms with E-state index in [1.807, 2.05) is 18.7 Å². The summed E-state index contributed by atoms with van der Waals surface area (Å²) in [5, 5.41) is 4.52. The van der Waals surface area contributed by atoms with Gasteiger partial charge in [-0.25, -0.2) is 4.98 Å². The molecule has 0 radical (unpaired) electrons. The molecular weight excluding hydrogens is 272 g/mol. The van der Waals surface area contributed by atoms with E-state index in [9.17, 15) is 0 Å². The monoisotopic (exact) mass is 294 g/mol. The van der Waals surface area contributed by atoms with Gasteiger partial charge >= 0.3 is 0 Å². The Hall–Kier alpha value is -1.03. The molecule has 2 atom stereocenters. The van der Waals surface area contributed by atoms with Crippen LogP contribution in [0.2, 0.25) is 0 Å². The van der Waals surface area contributed by atoms with E-state index in [4.69, 9.17) is 16.6 Å². The highest BCUT2D eigenvalue weighted by molar-refractivity contribution is 6.20. The van der Waals surface area contributed by atoms with E-state index in [1.165, 1.54) is 19.3 Å². The van der Waals surface area contributed by atoms with Crippen molar-refractivity contribution in [3.63, 3.8) is 0 Å². The fourth-order valence-corrected chi connectivity index (χ4v) is 3.27. The first-order valence-electron chi connectivity index (χ1n) is 7.60. The molecule has 2 heterocycles.